The molecule has 0 heterocycles. The number of hydrogen-bond acceptors (Lipinski definition) is 3. The van der Waals surface area contributed by atoms with Crippen molar-refractivity contribution in [2.24, 2.45) is 23.7 Å². The number of rotatable bonds is 8. The molecule has 1 aromatic carbocycles. The molecule has 28 heavy (non-hydrogen) atoms. The number of hydrogen-bond donors (Lipinski definition) is 3. The highest BCUT2D eigenvalue weighted by Gasteiger charge is 2.35. The van der Waals surface area contributed by atoms with Crippen LogP contribution in [0.4, 0.5) is 0 Å². The van der Waals surface area contributed by atoms with Gasteiger partial charge in [-0.2, -0.15) is 0 Å². The number of carbonyl (C=O) groups is 2. The minimum absolute atomic E-state index is 0.0101. The fraction of sp³-hybridized carbons (Fsp3) is 0.619. The third-order valence-corrected chi connectivity index (χ3v) is 6.16. The van der Waals surface area contributed by atoms with Gasteiger partial charge in [-0.15, -0.1) is 0 Å². The zero-order valence-corrected chi connectivity index (χ0v) is 18.3. The summed E-state index contributed by atoms with van der Waals surface area (Å²) in [4.78, 5) is 27.4. The van der Waals surface area contributed by atoms with Crippen LogP contribution in [0.1, 0.15) is 51.6 Å². The van der Waals surface area contributed by atoms with Crippen molar-refractivity contribution in [3.8, 4) is 0 Å². The van der Waals surface area contributed by atoms with E-state index in [4.69, 9.17) is 23.4 Å². The van der Waals surface area contributed by atoms with Crippen molar-refractivity contribution in [3.63, 3.8) is 0 Å². The lowest BCUT2D eigenvalue weighted by atomic mass is 9.70. The number of nitrogens with one attached hydrogen (secondary N) is 3. The third-order valence-electron chi connectivity index (χ3n) is 5.68. The maximum absolute atomic E-state index is 13.0. The van der Waals surface area contributed by atoms with Gasteiger partial charge in [-0.3, -0.25) is 9.59 Å². The lowest BCUT2D eigenvalue weighted by Crippen LogP contribution is -2.44. The van der Waals surface area contributed by atoms with E-state index in [1.54, 1.807) is 6.07 Å². The molecule has 1 aliphatic rings. The fourth-order valence-corrected chi connectivity index (χ4v) is 4.53. The molecule has 0 saturated heterocycles. The van der Waals surface area contributed by atoms with E-state index in [1.165, 1.54) is 6.42 Å². The molecule has 0 unspecified atom stereocenters. The first-order valence-corrected chi connectivity index (χ1v) is 10.7. The van der Waals surface area contributed by atoms with Crippen molar-refractivity contribution in [3.05, 3.63) is 34.9 Å². The molecule has 0 spiro atoms. The predicted molar refractivity (Wildman–Crippen MR) is 114 cm³/mol. The highest BCUT2D eigenvalue weighted by Crippen LogP contribution is 2.38. The van der Waals surface area contributed by atoms with Crippen LogP contribution in [0.15, 0.2) is 24.3 Å². The maximum atomic E-state index is 13.0. The number of carbonyl (C=O) groups excluding carboxylic acids is 2. The molecule has 156 valence electrons. The van der Waals surface area contributed by atoms with Crippen LogP contribution < -0.4 is 15.5 Å². The second-order valence-electron chi connectivity index (χ2n) is 8.13. The summed E-state index contributed by atoms with van der Waals surface area (Å²) in [5, 5.41) is 6.50. The zero-order valence-electron chi connectivity index (χ0n) is 16.8. The van der Waals surface area contributed by atoms with Crippen molar-refractivity contribution in [2.75, 3.05) is 13.1 Å². The average Bonchev–Trinajstić information content (AvgIpc) is 2.65. The Bertz CT molecular complexity index is 669. The second-order valence-corrected chi connectivity index (χ2v) is 8.80. The third kappa shape index (κ3) is 6.36. The highest BCUT2D eigenvalue weighted by atomic mass is 35.5. The van der Waals surface area contributed by atoms with Crippen LogP contribution >= 0.6 is 23.4 Å². The molecule has 4 atom stereocenters. The molecule has 1 fully saturated rings. The molecule has 1 aromatic rings. The average molecular weight is 428 g/mol. The molecule has 5 nitrogen and oxygen atoms in total. The molecule has 0 radical (unpaired) electrons. The summed E-state index contributed by atoms with van der Waals surface area (Å²) in [5.74, 6) is 1.23. The van der Waals surface area contributed by atoms with Crippen LogP contribution in [0, 0.1) is 23.7 Å². The Labute approximate surface area is 178 Å². The van der Waals surface area contributed by atoms with Gasteiger partial charge in [-0.05, 0) is 54.0 Å². The Hall–Kier alpha value is -1.30. The normalized spacial score (nSPS) is 23.3. The van der Waals surface area contributed by atoms with Crippen LogP contribution in [0.25, 0.3) is 0 Å². The van der Waals surface area contributed by atoms with E-state index in [0.717, 1.165) is 18.4 Å². The molecular formula is C21H31Cl2N3O2. The summed E-state index contributed by atoms with van der Waals surface area (Å²) in [5.41, 5.74) is 0.768. The lowest BCUT2D eigenvalue weighted by Gasteiger charge is -2.36. The van der Waals surface area contributed by atoms with Gasteiger partial charge in [0.05, 0.1) is 12.6 Å². The Morgan fingerprint density at radius 1 is 1.21 bits per heavy atom. The first-order valence-electron chi connectivity index (χ1n) is 9.98. The minimum atomic E-state index is -0.423. The summed E-state index contributed by atoms with van der Waals surface area (Å²) in [6, 6.07) is 6.90. The molecule has 7 heteroatoms. The van der Waals surface area contributed by atoms with Gasteiger partial charge < -0.3 is 10.6 Å². The summed E-state index contributed by atoms with van der Waals surface area (Å²) < 4.78 is 0. The van der Waals surface area contributed by atoms with Crippen molar-refractivity contribution < 1.29 is 9.59 Å². The molecule has 0 aromatic heterocycles. The summed E-state index contributed by atoms with van der Waals surface area (Å²) in [6.45, 7) is 6.85. The van der Waals surface area contributed by atoms with E-state index < -0.39 is 6.04 Å². The Balaban J connectivity index is 2.09. The van der Waals surface area contributed by atoms with Crippen LogP contribution in [-0.4, -0.2) is 24.9 Å². The van der Waals surface area contributed by atoms with Crippen LogP contribution in [0.2, 0.25) is 5.02 Å². The summed E-state index contributed by atoms with van der Waals surface area (Å²) in [7, 11) is 0. The molecule has 1 aliphatic carbocycles. The van der Waals surface area contributed by atoms with Gasteiger partial charge in [-0.1, -0.05) is 57.0 Å². The molecule has 0 aliphatic heterocycles. The van der Waals surface area contributed by atoms with Gasteiger partial charge in [0.15, 0.2) is 0 Å². The van der Waals surface area contributed by atoms with E-state index in [1.807, 2.05) is 18.2 Å². The standard InChI is InChI=1S/C21H31Cl2N3O2/c1-13(2)15-9-8-14(3)10-17(15)21(28)24-11-19(26-20(27)12-25-23)16-6-4-5-7-18(16)22/h4-7,13-15,17,19,25H,8-12H2,1-3H3,(H,24,28)(H,26,27)/t14-,15+,17-,19-/m1/s1. The van der Waals surface area contributed by atoms with E-state index in [2.05, 4.69) is 36.2 Å². The number of amides is 2. The van der Waals surface area contributed by atoms with E-state index in [-0.39, 0.29) is 30.8 Å². The monoisotopic (exact) mass is 427 g/mol. The van der Waals surface area contributed by atoms with Gasteiger partial charge >= 0.3 is 0 Å². The predicted octanol–water partition coefficient (Wildman–Crippen LogP) is 4.07. The Morgan fingerprint density at radius 2 is 1.93 bits per heavy atom. The van der Waals surface area contributed by atoms with Gasteiger partial charge in [0.1, 0.15) is 0 Å². The van der Waals surface area contributed by atoms with Gasteiger partial charge in [-0.25, -0.2) is 4.84 Å². The van der Waals surface area contributed by atoms with Gasteiger partial charge in [0.25, 0.3) is 0 Å². The first kappa shape index (κ1) is 23.0. The van der Waals surface area contributed by atoms with Crippen molar-refractivity contribution in [1.82, 2.24) is 15.5 Å². The topological polar surface area (TPSA) is 70.2 Å². The number of halogens is 2. The lowest BCUT2D eigenvalue weighted by molar-refractivity contribution is -0.129. The number of benzene rings is 1. The van der Waals surface area contributed by atoms with E-state index >= 15 is 0 Å². The molecular weight excluding hydrogens is 397 g/mol. The van der Waals surface area contributed by atoms with Crippen LogP contribution in [0.3, 0.4) is 0 Å². The first-order chi connectivity index (χ1) is 13.3. The summed E-state index contributed by atoms with van der Waals surface area (Å²) in [6.07, 6.45) is 3.17. The van der Waals surface area contributed by atoms with Gasteiger partial charge in [0, 0.05) is 17.5 Å². The van der Waals surface area contributed by atoms with Crippen molar-refractivity contribution in [2.45, 2.75) is 46.1 Å². The molecule has 2 rings (SSSR count). The quantitative estimate of drug-likeness (QED) is 0.547. The second kappa shape index (κ2) is 11.0. The molecule has 3 N–H and O–H groups in total. The smallest absolute Gasteiger partial charge is 0.235 e. The highest BCUT2D eigenvalue weighted by molar-refractivity contribution is 6.31. The SMILES string of the molecule is CC(C)[C@@H]1CC[C@@H](C)C[C@H]1C(=O)NC[C@@H](NC(=O)CNCl)c1ccccc1Cl. The van der Waals surface area contributed by atoms with Crippen LogP contribution in [-0.2, 0) is 9.59 Å². The summed E-state index contributed by atoms with van der Waals surface area (Å²) >= 11 is 11.8. The maximum Gasteiger partial charge on any atom is 0.235 e. The largest absolute Gasteiger partial charge is 0.353 e. The minimum Gasteiger partial charge on any atom is -0.353 e. The fourth-order valence-electron chi connectivity index (χ4n) is 4.14. The molecule has 0 bridgehead atoms. The van der Waals surface area contributed by atoms with Gasteiger partial charge in [0.2, 0.25) is 11.8 Å². The zero-order chi connectivity index (χ0) is 20.7. The van der Waals surface area contributed by atoms with Crippen molar-refractivity contribution >= 4 is 35.2 Å². The van der Waals surface area contributed by atoms with E-state index in [0.29, 0.717) is 22.8 Å². The van der Waals surface area contributed by atoms with Crippen LogP contribution in [0.5, 0.6) is 0 Å². The Morgan fingerprint density at radius 3 is 2.57 bits per heavy atom. The Kier molecular flexibility index (Phi) is 9.06. The molecule has 2 amide bonds. The molecule has 1 saturated carbocycles. The van der Waals surface area contributed by atoms with E-state index in [9.17, 15) is 9.59 Å². The van der Waals surface area contributed by atoms with Crippen molar-refractivity contribution in [1.29, 1.82) is 0 Å².